The van der Waals surface area contributed by atoms with Crippen LogP contribution >= 0.6 is 0 Å². The Morgan fingerprint density at radius 1 is 0.383 bits per heavy atom. The molecule has 107 heavy (non-hydrogen) atoms. The van der Waals surface area contributed by atoms with Gasteiger partial charge in [0, 0.05) is 34.1 Å². The second kappa shape index (κ2) is 38.1. The van der Waals surface area contributed by atoms with E-state index in [0.717, 1.165) is 27.7 Å². The molecule has 0 radical (unpaired) electrons. The highest BCUT2D eigenvalue weighted by molar-refractivity contribution is 5.77. The van der Waals surface area contributed by atoms with Crippen LogP contribution in [-0.2, 0) is 95.0 Å². The van der Waals surface area contributed by atoms with E-state index in [9.17, 15) is 147 Å². The summed E-state index contributed by atoms with van der Waals surface area (Å²) in [4.78, 5) is 62.8. The van der Waals surface area contributed by atoms with Gasteiger partial charge >= 0.3 is 5.97 Å². The van der Waals surface area contributed by atoms with Crippen LogP contribution in [0.2, 0.25) is 0 Å². The fourth-order valence-electron chi connectivity index (χ4n) is 13.6. The Balaban J connectivity index is 1.04. The number of carboxylic acids is 1. The molecule has 0 aromatic carbocycles. The van der Waals surface area contributed by atoms with Crippen molar-refractivity contribution in [1.82, 2.24) is 21.3 Å². The topological polar surface area (TPSA) is 757 Å². The molecule has 0 aromatic rings. The van der Waals surface area contributed by atoms with Crippen molar-refractivity contribution in [3.8, 4) is 0 Å². The minimum Gasteiger partial charge on any atom is -0.477 e. The summed E-state index contributed by atoms with van der Waals surface area (Å²) in [6.45, 7) is -5.00. The fraction of sp³-hybridized carbons (Fsp3) is 0.915. The number of hydrogen-bond donors (Lipinski definition) is 28. The number of carbonyl (C=O) groups excluding carboxylic acids is 4. The third-order valence-electron chi connectivity index (χ3n) is 19.2. The van der Waals surface area contributed by atoms with Crippen LogP contribution in [0.5, 0.6) is 0 Å². The van der Waals surface area contributed by atoms with Crippen molar-refractivity contribution < 1.29 is 218 Å². The molecule has 0 saturated carbocycles. The Kier molecular flexibility index (Phi) is 31.5. The van der Waals surface area contributed by atoms with Crippen molar-refractivity contribution in [2.45, 2.75) is 285 Å². The lowest BCUT2D eigenvalue weighted by molar-refractivity contribution is -0.389. The van der Waals surface area contributed by atoms with Crippen molar-refractivity contribution in [2.24, 2.45) is 0 Å². The van der Waals surface area contributed by atoms with E-state index < -0.39 is 340 Å². The summed E-state index contributed by atoms with van der Waals surface area (Å²) in [5, 5.41) is 273. The Morgan fingerprint density at radius 2 is 0.748 bits per heavy atom. The first kappa shape index (κ1) is 88.4. The molecule has 0 spiro atoms. The molecule has 8 fully saturated rings. The molecule has 0 aliphatic carbocycles. The predicted octanol–water partition coefficient (Wildman–Crippen LogP) is -18.7. The lowest BCUT2D eigenvalue weighted by Gasteiger charge is -2.50. The second-order valence-electron chi connectivity index (χ2n) is 26.8. The number of hydrogen-bond acceptors (Lipinski definition) is 43. The molecule has 8 aliphatic rings. The molecule has 1 unspecified atom stereocenters. The molecule has 8 saturated heterocycles. The third kappa shape index (κ3) is 19.7. The van der Waals surface area contributed by atoms with Gasteiger partial charge in [-0.3, -0.25) is 19.2 Å². The number of amides is 4. The van der Waals surface area contributed by atoms with Gasteiger partial charge in [-0.25, -0.2) is 4.79 Å². The van der Waals surface area contributed by atoms with Crippen molar-refractivity contribution in [3.05, 3.63) is 0 Å². The van der Waals surface area contributed by atoms with E-state index in [1.165, 1.54) is 0 Å². The van der Waals surface area contributed by atoms with Gasteiger partial charge in [-0.2, -0.15) is 0 Å². The van der Waals surface area contributed by atoms with E-state index in [1.807, 2.05) is 0 Å². The molecule has 4 amide bonds. The molecule has 618 valence electrons. The lowest BCUT2D eigenvalue weighted by atomic mass is 9.88. The highest BCUT2D eigenvalue weighted by atomic mass is 16.8. The van der Waals surface area contributed by atoms with Gasteiger partial charge in [0.15, 0.2) is 44.0 Å². The van der Waals surface area contributed by atoms with Crippen LogP contribution in [0.4, 0.5) is 0 Å². The van der Waals surface area contributed by atoms with Gasteiger partial charge in [-0.15, -0.1) is 0 Å². The standard InChI is InChI=1S/C59H98N4O44/c1-14(70)60-27-18(74)5-59(58(91)92,107-48(27)31(76)19(75)6-64)94-13-26-34(79)40(85)43(88)55(101-26)103-46-23(10-68)99-53(30(38(46)83)63-17(4)73)106-50-41(86)33(78)21(8-66)97-57(50)93-12-25-35(80)49(105-54-42(87)39(84)32(77)20(7-65)96-54)44(89)56(100-25)104-47-24(11-69)98-52(29(37(47)82)62-16(3)72)102-45-22(9-67)95-51(90)28(36(45)81)61-15(2)71/h18-57,64-69,74-90H,5-13H2,1-4H3,(H,60,70)(H,61,71)(H,62,72)(H,63,73)(H,91,92)/t18-,19+,20+,21+,22+,23+,24+,25+,26+,27+,28+,29+,30+,31+,32+,33+,34-,35+,36+,37+,38+,39-,40-,41-,42-,43+,44-,45+,46+,47+,48+,49-,50-,51?,52-,53-,54+,55-,56-,57-,59+/m0/s1. The zero-order valence-corrected chi connectivity index (χ0v) is 57.4. The van der Waals surface area contributed by atoms with E-state index in [-0.39, 0.29) is 0 Å². The molecule has 8 rings (SSSR count). The predicted molar refractivity (Wildman–Crippen MR) is 328 cm³/mol. The fourth-order valence-corrected chi connectivity index (χ4v) is 13.6. The first-order chi connectivity index (χ1) is 50.4. The van der Waals surface area contributed by atoms with Gasteiger partial charge in [0.1, 0.15) is 189 Å². The van der Waals surface area contributed by atoms with Crippen LogP contribution in [0.3, 0.4) is 0 Å². The van der Waals surface area contributed by atoms with E-state index in [4.69, 9.17) is 71.1 Å². The summed E-state index contributed by atoms with van der Waals surface area (Å²) in [5.74, 6) is -8.54. The quantitative estimate of drug-likeness (QED) is 0.0331. The van der Waals surface area contributed by atoms with Gasteiger partial charge in [0.2, 0.25) is 23.6 Å². The first-order valence-electron chi connectivity index (χ1n) is 33.7. The first-order valence-corrected chi connectivity index (χ1v) is 33.7. The molecule has 8 aliphatic heterocycles. The number of aliphatic carboxylic acids is 1. The number of carboxylic acid groups (broad SMARTS) is 1. The average Bonchev–Trinajstić information content (AvgIpc) is 0.766. The van der Waals surface area contributed by atoms with Gasteiger partial charge in [0.25, 0.3) is 5.79 Å². The molecule has 48 nitrogen and oxygen atoms in total. The lowest BCUT2D eigenvalue weighted by Crippen LogP contribution is -2.70. The number of aliphatic hydroxyl groups excluding tert-OH is 23. The molecule has 28 N–H and O–H groups in total. The van der Waals surface area contributed by atoms with Crippen LogP contribution in [0.25, 0.3) is 0 Å². The van der Waals surface area contributed by atoms with E-state index in [0.29, 0.717) is 0 Å². The van der Waals surface area contributed by atoms with Crippen LogP contribution < -0.4 is 21.3 Å². The maximum Gasteiger partial charge on any atom is 0.364 e. The molecule has 41 atom stereocenters. The van der Waals surface area contributed by atoms with Gasteiger partial charge < -0.3 is 215 Å². The largest absolute Gasteiger partial charge is 0.477 e. The van der Waals surface area contributed by atoms with Gasteiger partial charge in [-0.1, -0.05) is 0 Å². The monoisotopic (exact) mass is 1570 g/mol. The SMILES string of the molecule is CC(=O)N[C@H]1[C@H](O[C@H]2[C@H](O)[C@@H](NC(C)=O)C(O)O[C@@H]2CO)O[C@H](CO)[C@@H](O[C@@H]2O[C@H](CO[C@H]3O[C@H](CO)[C@@H](O)[C@H](O)[C@@H]3O[C@@H]3O[C@H](CO)[C@@H](O[C@@H]4O[C@H](CO[C@]5(C(=O)O)C[C@H](O)[C@@H](NC(C)=O)[C@H]([C@H](O)[C@H](O)CO)O5)[C@H](O)[C@H](O)[C@H]4O)[C@H](O)[C@H]3NC(C)=O)[C@@H](O)[C@H](O[C@H]3O[C@H](CO)[C@@H](O)[C@H](O)[C@@H]3O)[C@@H]2O)[C@@H]1O. The number of ether oxygens (including phenoxy) is 15. The highest BCUT2D eigenvalue weighted by Gasteiger charge is 2.61. The van der Waals surface area contributed by atoms with Crippen LogP contribution in [0.15, 0.2) is 0 Å². The number of rotatable bonds is 29. The Hall–Kier alpha value is -4.17. The molecule has 0 bridgehead atoms. The number of carbonyl (C=O) groups is 5. The molecule has 0 aromatic heterocycles. The Bertz CT molecular complexity index is 2870. The van der Waals surface area contributed by atoms with Crippen molar-refractivity contribution >= 4 is 29.6 Å². The van der Waals surface area contributed by atoms with E-state index in [2.05, 4.69) is 21.3 Å². The van der Waals surface area contributed by atoms with E-state index in [1.54, 1.807) is 0 Å². The zero-order valence-electron chi connectivity index (χ0n) is 57.4. The maximum atomic E-state index is 13.0. The van der Waals surface area contributed by atoms with Crippen LogP contribution in [-0.4, -0.2) is 456 Å². The smallest absolute Gasteiger partial charge is 0.364 e. The summed E-state index contributed by atoms with van der Waals surface area (Å²) in [5.41, 5.74) is 0. The van der Waals surface area contributed by atoms with E-state index >= 15 is 0 Å². The normalized spacial score (nSPS) is 46.9. The third-order valence-corrected chi connectivity index (χ3v) is 19.2. The average molecular weight is 1570 g/mol. The van der Waals surface area contributed by atoms with Crippen molar-refractivity contribution in [3.63, 3.8) is 0 Å². The van der Waals surface area contributed by atoms with Crippen LogP contribution in [0, 0.1) is 0 Å². The minimum atomic E-state index is -3.05. The number of nitrogens with one attached hydrogen (secondary N) is 4. The summed E-state index contributed by atoms with van der Waals surface area (Å²) < 4.78 is 87.4. The van der Waals surface area contributed by atoms with Gasteiger partial charge in [-0.05, 0) is 0 Å². The maximum absolute atomic E-state index is 13.0. The van der Waals surface area contributed by atoms with Crippen molar-refractivity contribution in [1.29, 1.82) is 0 Å². The summed E-state index contributed by atoms with van der Waals surface area (Å²) >= 11 is 0. The van der Waals surface area contributed by atoms with Crippen molar-refractivity contribution in [2.75, 3.05) is 52.9 Å². The molecule has 48 heteroatoms. The van der Waals surface area contributed by atoms with Crippen LogP contribution in [0.1, 0.15) is 34.1 Å². The zero-order chi connectivity index (χ0) is 79.3. The Labute approximate surface area is 605 Å². The molecular formula is C59H98N4O44. The molecule has 8 heterocycles. The molecular weight excluding hydrogens is 1470 g/mol. The second-order valence-corrected chi connectivity index (χ2v) is 26.8. The summed E-state index contributed by atoms with van der Waals surface area (Å²) in [7, 11) is 0. The summed E-state index contributed by atoms with van der Waals surface area (Å²) in [6.07, 6.45) is -76.3. The highest BCUT2D eigenvalue weighted by Crippen LogP contribution is 2.40. The number of aliphatic hydroxyl groups is 23. The minimum absolute atomic E-state index is 0.764. The Morgan fingerprint density at radius 3 is 1.21 bits per heavy atom. The summed E-state index contributed by atoms with van der Waals surface area (Å²) in [6, 6.07) is -7.09. The van der Waals surface area contributed by atoms with Gasteiger partial charge in [0.05, 0.1) is 65.0 Å².